The van der Waals surface area contributed by atoms with E-state index in [1.54, 1.807) is 48.5 Å². The van der Waals surface area contributed by atoms with Crippen molar-refractivity contribution < 1.29 is 18.7 Å². The summed E-state index contributed by atoms with van der Waals surface area (Å²) < 4.78 is 16.8. The number of carbonyl (C=O) groups excluding carboxylic acids is 1. The molecule has 0 atom stereocenters. The highest BCUT2D eigenvalue weighted by atomic mass is 16.5. The third-order valence-electron chi connectivity index (χ3n) is 4.68. The van der Waals surface area contributed by atoms with Crippen LogP contribution >= 0.6 is 0 Å². The maximum Gasteiger partial charge on any atom is 0.262 e. The van der Waals surface area contributed by atoms with E-state index in [9.17, 15) is 9.59 Å². The smallest absolute Gasteiger partial charge is 0.262 e. The molecule has 1 amide bonds. The van der Waals surface area contributed by atoms with Gasteiger partial charge in [0.15, 0.2) is 6.61 Å². The molecular weight excluding hydrogens is 382 g/mol. The van der Waals surface area contributed by atoms with Crippen LogP contribution in [0.2, 0.25) is 0 Å². The zero-order valence-electron chi connectivity index (χ0n) is 16.7. The number of carbonyl (C=O) groups is 1. The Hall–Kier alpha value is -3.80. The summed E-state index contributed by atoms with van der Waals surface area (Å²) in [6.07, 6.45) is 0. The summed E-state index contributed by atoms with van der Waals surface area (Å²) in [6.45, 7) is 4.24. The van der Waals surface area contributed by atoms with E-state index in [1.807, 2.05) is 26.0 Å². The van der Waals surface area contributed by atoms with Crippen molar-refractivity contribution in [3.63, 3.8) is 0 Å². The highest BCUT2D eigenvalue weighted by Gasteiger charge is 2.11. The molecule has 0 unspecified atom stereocenters. The number of aryl methyl sites for hydroxylation is 1. The minimum Gasteiger partial charge on any atom is -0.494 e. The molecule has 30 heavy (non-hydrogen) atoms. The second-order valence-electron chi connectivity index (χ2n) is 6.83. The fourth-order valence-electron chi connectivity index (χ4n) is 3.24. The van der Waals surface area contributed by atoms with E-state index in [1.165, 1.54) is 0 Å². The Morgan fingerprint density at radius 2 is 1.70 bits per heavy atom. The molecule has 6 heteroatoms. The number of fused-ring (bicyclic) bond motifs is 2. The van der Waals surface area contributed by atoms with Gasteiger partial charge < -0.3 is 19.2 Å². The molecule has 4 rings (SSSR count). The molecule has 3 aromatic carbocycles. The molecule has 0 fully saturated rings. The Kier molecular flexibility index (Phi) is 5.39. The highest BCUT2D eigenvalue weighted by Crippen LogP contribution is 2.24. The van der Waals surface area contributed by atoms with Crippen LogP contribution in [-0.2, 0) is 4.79 Å². The van der Waals surface area contributed by atoms with Crippen LogP contribution < -0.4 is 20.2 Å². The van der Waals surface area contributed by atoms with Gasteiger partial charge in [-0.25, -0.2) is 0 Å². The van der Waals surface area contributed by atoms with Gasteiger partial charge in [-0.15, -0.1) is 0 Å². The van der Waals surface area contributed by atoms with Crippen molar-refractivity contribution in [2.24, 2.45) is 0 Å². The van der Waals surface area contributed by atoms with E-state index >= 15 is 0 Å². The van der Waals surface area contributed by atoms with Crippen LogP contribution in [0.15, 0.2) is 69.9 Å². The fourth-order valence-corrected chi connectivity index (χ4v) is 3.24. The topological polar surface area (TPSA) is 77.8 Å². The third-order valence-corrected chi connectivity index (χ3v) is 4.68. The minimum absolute atomic E-state index is 0.0911. The standard InChI is InChI=1S/C24H21NO5/c1-3-28-17-8-10-18(11-9-17)29-14-22(26)25-16-7-12-19-21(13-16)30-24-15(2)5-4-6-20(24)23(19)27/h4-13H,3,14H2,1-2H3,(H,25,26). The summed E-state index contributed by atoms with van der Waals surface area (Å²) in [7, 11) is 0. The van der Waals surface area contributed by atoms with E-state index in [-0.39, 0.29) is 17.9 Å². The van der Waals surface area contributed by atoms with Crippen molar-refractivity contribution in [3.05, 3.63) is 76.5 Å². The molecule has 6 nitrogen and oxygen atoms in total. The van der Waals surface area contributed by atoms with Crippen molar-refractivity contribution in [1.29, 1.82) is 0 Å². The number of para-hydroxylation sites is 1. The van der Waals surface area contributed by atoms with Gasteiger partial charge in [0, 0.05) is 11.8 Å². The van der Waals surface area contributed by atoms with E-state index in [4.69, 9.17) is 13.9 Å². The Morgan fingerprint density at radius 3 is 2.43 bits per heavy atom. The average molecular weight is 403 g/mol. The molecule has 4 aromatic rings. The second kappa shape index (κ2) is 8.29. The normalized spacial score (nSPS) is 10.9. The Balaban J connectivity index is 1.49. The first-order valence-electron chi connectivity index (χ1n) is 9.67. The van der Waals surface area contributed by atoms with E-state index in [2.05, 4.69) is 5.32 Å². The number of rotatable bonds is 6. The molecule has 0 aliphatic heterocycles. The molecule has 1 N–H and O–H groups in total. The highest BCUT2D eigenvalue weighted by molar-refractivity contribution is 5.96. The van der Waals surface area contributed by atoms with Gasteiger partial charge >= 0.3 is 0 Å². The van der Waals surface area contributed by atoms with Gasteiger partial charge in [-0.2, -0.15) is 0 Å². The van der Waals surface area contributed by atoms with E-state index in [0.29, 0.717) is 40.0 Å². The predicted octanol–water partition coefficient (Wildman–Crippen LogP) is 4.67. The number of ether oxygens (including phenoxy) is 2. The van der Waals surface area contributed by atoms with E-state index in [0.717, 1.165) is 11.3 Å². The SMILES string of the molecule is CCOc1ccc(OCC(=O)Nc2ccc3c(=O)c4cccc(C)c4oc3c2)cc1. The second-order valence-corrected chi connectivity index (χ2v) is 6.83. The molecule has 152 valence electrons. The Labute approximate surface area is 173 Å². The monoisotopic (exact) mass is 403 g/mol. The van der Waals surface area contributed by atoms with Crippen LogP contribution in [0.5, 0.6) is 11.5 Å². The van der Waals surface area contributed by atoms with E-state index < -0.39 is 0 Å². The molecular formula is C24H21NO5. The molecule has 0 saturated carbocycles. The number of anilines is 1. The summed E-state index contributed by atoms with van der Waals surface area (Å²) in [5, 5.41) is 3.78. The van der Waals surface area contributed by atoms with Crippen molar-refractivity contribution in [1.82, 2.24) is 0 Å². The summed E-state index contributed by atoms with van der Waals surface area (Å²) in [5.74, 6) is 0.998. The van der Waals surface area contributed by atoms with Gasteiger partial charge in [0.1, 0.15) is 22.7 Å². The molecule has 0 aliphatic rings. The summed E-state index contributed by atoms with van der Waals surface area (Å²) in [5.41, 5.74) is 2.29. The first-order valence-corrected chi connectivity index (χ1v) is 9.67. The largest absolute Gasteiger partial charge is 0.494 e. The molecule has 0 spiro atoms. The van der Waals surface area contributed by atoms with Gasteiger partial charge in [0.05, 0.1) is 17.4 Å². The van der Waals surface area contributed by atoms with Gasteiger partial charge in [-0.1, -0.05) is 12.1 Å². The van der Waals surface area contributed by atoms with Crippen molar-refractivity contribution >= 4 is 33.5 Å². The summed E-state index contributed by atoms with van der Waals surface area (Å²) >= 11 is 0. The van der Waals surface area contributed by atoms with Crippen LogP contribution in [-0.4, -0.2) is 19.1 Å². The molecule has 1 heterocycles. The molecule has 0 saturated heterocycles. The number of benzene rings is 3. The van der Waals surface area contributed by atoms with Crippen molar-refractivity contribution in [2.75, 3.05) is 18.5 Å². The number of hydrogen-bond acceptors (Lipinski definition) is 5. The van der Waals surface area contributed by atoms with Crippen LogP contribution in [0, 0.1) is 6.92 Å². The first-order chi connectivity index (χ1) is 14.5. The van der Waals surface area contributed by atoms with Gasteiger partial charge in [0.2, 0.25) is 5.43 Å². The van der Waals surface area contributed by atoms with Crippen LogP contribution in [0.1, 0.15) is 12.5 Å². The van der Waals surface area contributed by atoms with Crippen molar-refractivity contribution in [3.8, 4) is 11.5 Å². The third kappa shape index (κ3) is 3.98. The van der Waals surface area contributed by atoms with Crippen LogP contribution in [0.4, 0.5) is 5.69 Å². The summed E-state index contributed by atoms with van der Waals surface area (Å²) in [6, 6.07) is 17.5. The number of amides is 1. The zero-order chi connectivity index (χ0) is 21.1. The van der Waals surface area contributed by atoms with Crippen LogP contribution in [0.25, 0.3) is 21.9 Å². The predicted molar refractivity (Wildman–Crippen MR) is 116 cm³/mol. The van der Waals surface area contributed by atoms with Crippen LogP contribution in [0.3, 0.4) is 0 Å². The lowest BCUT2D eigenvalue weighted by atomic mass is 10.1. The fraction of sp³-hybridized carbons (Fsp3) is 0.167. The number of hydrogen-bond donors (Lipinski definition) is 1. The lowest BCUT2D eigenvalue weighted by Crippen LogP contribution is -2.20. The lowest BCUT2D eigenvalue weighted by molar-refractivity contribution is -0.118. The maximum atomic E-state index is 12.7. The minimum atomic E-state index is -0.317. The molecule has 1 aromatic heterocycles. The zero-order valence-corrected chi connectivity index (χ0v) is 16.7. The number of nitrogens with one attached hydrogen (secondary N) is 1. The van der Waals surface area contributed by atoms with Gasteiger partial charge in [-0.05, 0) is 61.9 Å². The lowest BCUT2D eigenvalue weighted by Gasteiger charge is -2.09. The molecule has 0 bridgehead atoms. The first kappa shape index (κ1) is 19.5. The van der Waals surface area contributed by atoms with Crippen molar-refractivity contribution in [2.45, 2.75) is 13.8 Å². The molecule has 0 aliphatic carbocycles. The van der Waals surface area contributed by atoms with Gasteiger partial charge in [0.25, 0.3) is 5.91 Å². The average Bonchev–Trinajstić information content (AvgIpc) is 2.74. The quantitative estimate of drug-likeness (QED) is 0.473. The maximum absolute atomic E-state index is 12.7. The Morgan fingerprint density at radius 1 is 0.967 bits per heavy atom. The van der Waals surface area contributed by atoms with Gasteiger partial charge in [-0.3, -0.25) is 9.59 Å². The molecule has 0 radical (unpaired) electrons. The summed E-state index contributed by atoms with van der Waals surface area (Å²) in [4.78, 5) is 25.0. The Bertz CT molecular complexity index is 1270.